The summed E-state index contributed by atoms with van der Waals surface area (Å²) < 4.78 is 104. The number of hydrogen-bond acceptors (Lipinski definition) is 14. The number of rotatable bonds is 14. The van der Waals surface area contributed by atoms with E-state index < -0.39 is 60.0 Å². The first-order valence-electron chi connectivity index (χ1n) is 15.4. The van der Waals surface area contributed by atoms with Crippen LogP contribution in [0, 0.1) is 20.8 Å². The van der Waals surface area contributed by atoms with Gasteiger partial charge in [0, 0.05) is 30.4 Å². The smallest absolute Gasteiger partial charge is 0.344 e. The molecule has 52 heavy (non-hydrogen) atoms. The molecule has 0 fully saturated rings. The summed E-state index contributed by atoms with van der Waals surface area (Å²) in [5.74, 6) is -0.743. The number of benzene rings is 2. The number of fused-ring (bicyclic) bond motifs is 1. The van der Waals surface area contributed by atoms with Crippen molar-refractivity contribution in [1.29, 1.82) is 0 Å². The first kappa shape index (κ1) is 38.0. The van der Waals surface area contributed by atoms with Gasteiger partial charge in [0.1, 0.15) is 29.4 Å². The molecule has 0 amide bonds. The fourth-order valence-corrected chi connectivity index (χ4v) is 9.29. The van der Waals surface area contributed by atoms with Crippen LogP contribution in [0.15, 0.2) is 81.8 Å². The number of anilines is 1. The summed E-state index contributed by atoms with van der Waals surface area (Å²) in [6.07, 6.45) is 1.43. The second-order valence-corrected chi connectivity index (χ2v) is 17.1. The van der Waals surface area contributed by atoms with Gasteiger partial charge in [0.2, 0.25) is 5.88 Å². The van der Waals surface area contributed by atoms with Gasteiger partial charge in [0.25, 0.3) is 25.2 Å². The Kier molecular flexibility index (Phi) is 10.8. The minimum Gasteiger partial charge on any atom is -0.496 e. The molecule has 5 rings (SSSR count). The van der Waals surface area contributed by atoms with Gasteiger partial charge < -0.3 is 18.9 Å². The second-order valence-electron chi connectivity index (χ2n) is 11.4. The van der Waals surface area contributed by atoms with E-state index in [-0.39, 0.29) is 38.4 Å². The first-order chi connectivity index (χ1) is 24.5. The number of aryl methyl sites for hydroxylation is 2. The highest BCUT2D eigenvalue weighted by Crippen LogP contribution is 2.34. The summed E-state index contributed by atoms with van der Waals surface area (Å²) in [4.78, 5) is 24.6. The zero-order valence-electron chi connectivity index (χ0n) is 28.9. The summed E-state index contributed by atoms with van der Waals surface area (Å²) in [7, 11) is -9.09. The van der Waals surface area contributed by atoms with Crippen LogP contribution in [0.2, 0.25) is 0 Å². The third-order valence-electron chi connectivity index (χ3n) is 7.85. The van der Waals surface area contributed by atoms with E-state index in [9.17, 15) is 30.0 Å². The molecule has 0 aliphatic rings. The Morgan fingerprint density at radius 3 is 2.12 bits per heavy atom. The molecule has 16 nitrogen and oxygen atoms in total. The van der Waals surface area contributed by atoms with Crippen LogP contribution >= 0.6 is 0 Å². The zero-order valence-corrected chi connectivity index (χ0v) is 31.4. The highest BCUT2D eigenvalue weighted by molar-refractivity contribution is 7.94. The Balaban J connectivity index is 1.38. The third-order valence-corrected chi connectivity index (χ3v) is 13.0. The molecular weight excluding hydrogens is 739 g/mol. The zero-order chi connectivity index (χ0) is 38.0. The minimum absolute atomic E-state index is 0.0167. The Bertz CT molecular complexity index is 2470. The highest BCUT2D eigenvalue weighted by Gasteiger charge is 2.36. The van der Waals surface area contributed by atoms with Crippen molar-refractivity contribution in [3.05, 3.63) is 83.6 Å². The Labute approximate surface area is 301 Å². The number of esters is 1. The van der Waals surface area contributed by atoms with Gasteiger partial charge in [0.05, 0.1) is 29.8 Å². The van der Waals surface area contributed by atoms with Crippen molar-refractivity contribution in [1.82, 2.24) is 18.9 Å². The molecule has 3 heterocycles. The highest BCUT2D eigenvalue weighted by atomic mass is 32.2. The van der Waals surface area contributed by atoms with Crippen molar-refractivity contribution < 1.29 is 49.0 Å². The van der Waals surface area contributed by atoms with Crippen LogP contribution in [0.4, 0.5) is 5.82 Å². The predicted molar refractivity (Wildman–Crippen MR) is 189 cm³/mol. The Morgan fingerprint density at radius 2 is 1.48 bits per heavy atom. The topological polar surface area (TPSA) is 203 Å². The van der Waals surface area contributed by atoms with E-state index in [1.807, 2.05) is 6.92 Å². The number of sulfone groups is 1. The molecule has 0 spiro atoms. The van der Waals surface area contributed by atoms with Gasteiger partial charge in [-0.3, -0.25) is 0 Å². The normalized spacial score (nSPS) is 12.0. The van der Waals surface area contributed by atoms with E-state index in [0.29, 0.717) is 20.8 Å². The van der Waals surface area contributed by atoms with Crippen LogP contribution in [-0.2, 0) is 39.4 Å². The molecule has 0 bridgehead atoms. The van der Waals surface area contributed by atoms with Crippen molar-refractivity contribution in [3.8, 4) is 17.4 Å². The lowest BCUT2D eigenvalue weighted by molar-refractivity contribution is -0.145. The van der Waals surface area contributed by atoms with Gasteiger partial charge in [-0.1, -0.05) is 17.7 Å². The van der Waals surface area contributed by atoms with Gasteiger partial charge in [-0.2, -0.15) is 18.4 Å². The van der Waals surface area contributed by atoms with E-state index >= 15 is 0 Å². The van der Waals surface area contributed by atoms with E-state index in [2.05, 4.69) is 15.0 Å². The summed E-state index contributed by atoms with van der Waals surface area (Å²) in [5.41, 5.74) is 1.59. The Hall–Kier alpha value is -5.27. The summed E-state index contributed by atoms with van der Waals surface area (Å²) in [5, 5.41) is -0.862. The molecule has 0 aliphatic carbocycles. The molecule has 0 N–H and O–H groups in total. The van der Waals surface area contributed by atoms with Crippen LogP contribution in [0.25, 0.3) is 11.2 Å². The van der Waals surface area contributed by atoms with Crippen LogP contribution in [-0.4, -0.2) is 90.4 Å². The maximum atomic E-state index is 14.2. The Morgan fingerprint density at radius 1 is 0.827 bits per heavy atom. The number of ether oxygens (including phenoxy) is 4. The fourth-order valence-electron chi connectivity index (χ4n) is 5.12. The van der Waals surface area contributed by atoms with Crippen LogP contribution in [0.5, 0.6) is 17.4 Å². The number of nitrogens with zero attached hydrogens (tertiary/aromatic N) is 5. The van der Waals surface area contributed by atoms with E-state index in [1.165, 1.54) is 63.9 Å². The first-order valence-corrected chi connectivity index (χ1v) is 19.9. The number of carbonyl (C=O) groups is 1. The van der Waals surface area contributed by atoms with Gasteiger partial charge in [0.15, 0.2) is 22.1 Å². The average molecular weight is 774 g/mol. The lowest BCUT2D eigenvalue weighted by Gasteiger charge is -2.22. The van der Waals surface area contributed by atoms with Crippen LogP contribution < -0.4 is 18.5 Å². The average Bonchev–Trinajstić information content (AvgIpc) is 3.52. The molecule has 2 aromatic carbocycles. The van der Waals surface area contributed by atoms with Crippen molar-refractivity contribution in [2.75, 3.05) is 44.5 Å². The van der Waals surface area contributed by atoms with Gasteiger partial charge in [-0.05, 0) is 63.2 Å². The third kappa shape index (κ3) is 7.51. The molecular formula is C33H35N5O11S3. The monoisotopic (exact) mass is 773 g/mol. The summed E-state index contributed by atoms with van der Waals surface area (Å²) >= 11 is 0. The standard InChI is InChI=1S/C33H35N5O11S3/c1-21-7-11-25(12-8-21)50(40,41)18-17-48-29(39)20-49-24-9-13-26(14-10-24)51(42,43)38-27-15-16-28(46-5)35-31(27)36-33(38)52(44,45)37(4)32-23(3)30(47-6)22(2)19-34-32/h7-16,19H,17-18,20H2,1-6H3. The summed E-state index contributed by atoms with van der Waals surface area (Å²) in [6.45, 7) is 4.19. The van der Waals surface area contributed by atoms with Gasteiger partial charge in [-0.25, -0.2) is 34.9 Å². The van der Waals surface area contributed by atoms with Crippen LogP contribution in [0.1, 0.15) is 16.7 Å². The van der Waals surface area contributed by atoms with E-state index in [4.69, 9.17) is 18.9 Å². The number of pyridine rings is 2. The van der Waals surface area contributed by atoms with Crippen molar-refractivity contribution in [2.45, 2.75) is 35.7 Å². The van der Waals surface area contributed by atoms with E-state index in [1.54, 1.807) is 26.0 Å². The molecule has 0 radical (unpaired) electrons. The largest absolute Gasteiger partial charge is 0.496 e. The lowest BCUT2D eigenvalue weighted by Crippen LogP contribution is -2.32. The molecule has 0 unspecified atom stereocenters. The summed E-state index contributed by atoms with van der Waals surface area (Å²) in [6, 6.07) is 13.8. The predicted octanol–water partition coefficient (Wildman–Crippen LogP) is 3.23. The maximum absolute atomic E-state index is 14.2. The van der Waals surface area contributed by atoms with Crippen LogP contribution in [0.3, 0.4) is 0 Å². The minimum atomic E-state index is -4.72. The van der Waals surface area contributed by atoms with Gasteiger partial charge >= 0.3 is 5.97 Å². The number of hydrogen-bond donors (Lipinski definition) is 0. The van der Waals surface area contributed by atoms with Crippen molar-refractivity contribution in [2.24, 2.45) is 0 Å². The molecule has 19 heteroatoms. The second kappa shape index (κ2) is 14.8. The van der Waals surface area contributed by atoms with Crippen molar-refractivity contribution >= 4 is 52.8 Å². The van der Waals surface area contributed by atoms with E-state index in [0.717, 1.165) is 22.0 Å². The quantitative estimate of drug-likeness (QED) is 0.149. The molecule has 0 aliphatic heterocycles. The molecule has 276 valence electrons. The SMILES string of the molecule is COc1ccc2c(n1)nc(S(=O)(=O)N(C)c1ncc(C)c(OC)c1C)n2S(=O)(=O)c1ccc(OCC(=O)OCCS(=O)(=O)c2ccc(C)cc2)cc1. The number of imidazole rings is 1. The fraction of sp³-hybridized carbons (Fsp3) is 0.273. The number of carbonyl (C=O) groups excluding carboxylic acids is 1. The molecule has 5 aromatic rings. The molecule has 0 saturated heterocycles. The molecule has 3 aromatic heterocycles. The van der Waals surface area contributed by atoms with Crippen molar-refractivity contribution in [3.63, 3.8) is 0 Å². The molecule has 0 atom stereocenters. The van der Waals surface area contributed by atoms with Gasteiger partial charge in [-0.15, -0.1) is 0 Å². The maximum Gasteiger partial charge on any atom is 0.344 e. The molecule has 0 saturated carbocycles. The lowest BCUT2D eigenvalue weighted by atomic mass is 10.2. The number of aromatic nitrogens is 4. The number of sulfonamides is 1. The number of methoxy groups -OCH3 is 2.